The number of nitrogens with zero attached hydrogens (tertiary/aromatic N) is 1. The van der Waals surface area contributed by atoms with E-state index in [-0.39, 0.29) is 12.2 Å². The Morgan fingerprint density at radius 2 is 1.96 bits per heavy atom. The maximum Gasteiger partial charge on any atom is 0.162 e. The third-order valence-corrected chi connectivity index (χ3v) is 3.98. The molecule has 0 aliphatic carbocycles. The molecule has 0 N–H and O–H groups in total. The molecule has 0 bridgehead atoms. The number of rotatable bonds is 7. The second-order valence-electron chi connectivity index (χ2n) is 5.86. The topological polar surface area (TPSA) is 71.5 Å². The first-order chi connectivity index (χ1) is 13.6. The third kappa shape index (κ3) is 4.30. The number of ether oxygens (including phenoxy) is 2. The number of benzene rings is 2. The van der Waals surface area contributed by atoms with E-state index in [1.165, 1.54) is 6.07 Å². The summed E-state index contributed by atoms with van der Waals surface area (Å²) < 4.78 is 11.1. The largest absolute Gasteiger partial charge is 0.545 e. The Kier molecular flexibility index (Phi) is 5.93. The number of pyridine rings is 1. The number of hydrogen-bond donors (Lipinski definition) is 0. The van der Waals surface area contributed by atoms with Crippen molar-refractivity contribution in [3.05, 3.63) is 65.4 Å². The van der Waals surface area contributed by atoms with Gasteiger partial charge in [-0.1, -0.05) is 36.3 Å². The van der Waals surface area contributed by atoms with Crippen molar-refractivity contribution in [2.75, 3.05) is 13.2 Å². The zero-order valence-electron chi connectivity index (χ0n) is 15.3. The molecule has 0 amide bonds. The molecule has 5 nitrogen and oxygen atoms in total. The van der Waals surface area contributed by atoms with E-state index in [9.17, 15) is 9.90 Å². The molecule has 0 unspecified atom stereocenters. The fourth-order valence-corrected chi connectivity index (χ4v) is 2.77. The van der Waals surface area contributed by atoms with Gasteiger partial charge in [0.2, 0.25) is 0 Å². The van der Waals surface area contributed by atoms with Crippen LogP contribution in [0.3, 0.4) is 0 Å². The Labute approximate surface area is 163 Å². The number of carboxylic acids is 1. The molecule has 0 spiro atoms. The molecular formula is C23H18NO4-. The Hall–Kier alpha value is -3.78. The molecule has 0 aliphatic heterocycles. The highest BCUT2D eigenvalue weighted by Crippen LogP contribution is 2.29. The second-order valence-corrected chi connectivity index (χ2v) is 5.86. The van der Waals surface area contributed by atoms with Crippen LogP contribution in [0, 0.1) is 12.3 Å². The van der Waals surface area contributed by atoms with Crippen LogP contribution in [0.1, 0.15) is 28.5 Å². The van der Waals surface area contributed by atoms with Crippen molar-refractivity contribution >= 4 is 29.0 Å². The lowest BCUT2D eigenvalue weighted by atomic mass is 10.1. The first-order valence-corrected chi connectivity index (χ1v) is 8.74. The van der Waals surface area contributed by atoms with Crippen molar-refractivity contribution < 1.29 is 19.4 Å². The summed E-state index contributed by atoms with van der Waals surface area (Å²) in [5.41, 5.74) is 2.07. The number of fused-ring (bicyclic) bond motifs is 1. The maximum absolute atomic E-state index is 11.5. The quantitative estimate of drug-likeness (QED) is 0.596. The number of aromatic carboxylic acids is 1. The number of carbonyl (C=O) groups excluding carboxylic acids is 1. The van der Waals surface area contributed by atoms with Crippen molar-refractivity contribution in [3.63, 3.8) is 0 Å². The Bertz CT molecular complexity index is 1080. The van der Waals surface area contributed by atoms with Crippen LogP contribution in [-0.4, -0.2) is 24.2 Å². The summed E-state index contributed by atoms with van der Waals surface area (Å²) in [6.45, 7) is 2.52. The predicted octanol–water partition coefficient (Wildman–Crippen LogP) is 3.18. The molecule has 0 atom stereocenters. The van der Waals surface area contributed by atoms with Crippen LogP contribution in [0.25, 0.3) is 23.1 Å². The standard InChI is InChI=1S/C23H19NO4/c1-3-13-28-21-12-10-16(14-22(21)27-4-2)9-11-17-15-19(23(25)26)18-7-5-6-8-20(18)24-17/h1,5-12,14-15H,4,13H2,2H3,(H,25,26)/p-1/b11-9+. The molecule has 3 aromatic rings. The molecule has 3 rings (SSSR count). The summed E-state index contributed by atoms with van der Waals surface area (Å²) in [6.07, 6.45) is 8.80. The molecule has 28 heavy (non-hydrogen) atoms. The SMILES string of the molecule is C#CCOc1ccc(/C=C/c2cc(C(=O)[O-])c3ccccc3n2)cc1OCC. The van der Waals surface area contributed by atoms with Crippen molar-refractivity contribution in [3.8, 4) is 23.8 Å². The van der Waals surface area contributed by atoms with E-state index >= 15 is 0 Å². The molecule has 5 heteroatoms. The minimum atomic E-state index is -1.23. The van der Waals surface area contributed by atoms with Gasteiger partial charge in [-0.3, -0.25) is 0 Å². The van der Waals surface area contributed by atoms with Gasteiger partial charge < -0.3 is 19.4 Å². The van der Waals surface area contributed by atoms with Gasteiger partial charge in [-0.05, 0) is 42.8 Å². The average Bonchev–Trinajstić information content (AvgIpc) is 2.71. The van der Waals surface area contributed by atoms with Crippen molar-refractivity contribution in [2.24, 2.45) is 0 Å². The van der Waals surface area contributed by atoms with E-state index in [1.807, 2.05) is 31.2 Å². The average molecular weight is 372 g/mol. The molecule has 0 saturated carbocycles. The molecule has 1 aromatic heterocycles. The van der Waals surface area contributed by atoms with E-state index in [0.717, 1.165) is 5.56 Å². The maximum atomic E-state index is 11.5. The summed E-state index contributed by atoms with van der Waals surface area (Å²) in [5, 5.41) is 12.0. The highest BCUT2D eigenvalue weighted by Gasteiger charge is 2.07. The first-order valence-electron chi connectivity index (χ1n) is 8.74. The lowest BCUT2D eigenvalue weighted by Gasteiger charge is -2.11. The highest BCUT2D eigenvalue weighted by molar-refractivity contribution is 6.02. The van der Waals surface area contributed by atoms with Gasteiger partial charge in [0, 0.05) is 10.9 Å². The summed E-state index contributed by atoms with van der Waals surface area (Å²) in [7, 11) is 0. The van der Waals surface area contributed by atoms with Gasteiger partial charge >= 0.3 is 0 Å². The summed E-state index contributed by atoms with van der Waals surface area (Å²) >= 11 is 0. The first kappa shape index (κ1) is 19.0. The fraction of sp³-hybridized carbons (Fsp3) is 0.130. The zero-order chi connectivity index (χ0) is 19.9. The van der Waals surface area contributed by atoms with Crippen molar-refractivity contribution in [1.29, 1.82) is 0 Å². The predicted molar refractivity (Wildman–Crippen MR) is 107 cm³/mol. The van der Waals surface area contributed by atoms with Gasteiger partial charge in [0.05, 0.1) is 23.8 Å². The summed E-state index contributed by atoms with van der Waals surface area (Å²) in [6, 6.07) is 14.0. The summed E-state index contributed by atoms with van der Waals surface area (Å²) in [4.78, 5) is 16.0. The van der Waals surface area contributed by atoms with Gasteiger partial charge in [0.25, 0.3) is 0 Å². The van der Waals surface area contributed by atoms with Crippen LogP contribution in [0.4, 0.5) is 0 Å². The van der Waals surface area contributed by atoms with Crippen molar-refractivity contribution in [1.82, 2.24) is 4.98 Å². The minimum Gasteiger partial charge on any atom is -0.545 e. The lowest BCUT2D eigenvalue weighted by molar-refractivity contribution is -0.254. The van der Waals surface area contributed by atoms with Crippen LogP contribution in [0.5, 0.6) is 11.5 Å². The molecular weight excluding hydrogens is 354 g/mol. The van der Waals surface area contributed by atoms with Crippen LogP contribution in [0.15, 0.2) is 48.5 Å². The number of carbonyl (C=O) groups is 1. The zero-order valence-corrected chi connectivity index (χ0v) is 15.3. The molecule has 0 radical (unpaired) electrons. The van der Waals surface area contributed by atoms with Gasteiger partial charge in [-0.25, -0.2) is 4.98 Å². The molecule has 140 valence electrons. The molecule has 0 saturated heterocycles. The number of aromatic nitrogens is 1. The molecule has 0 fully saturated rings. The van der Waals surface area contributed by atoms with Crippen LogP contribution in [-0.2, 0) is 0 Å². The van der Waals surface area contributed by atoms with Crippen LogP contribution in [0.2, 0.25) is 0 Å². The van der Waals surface area contributed by atoms with Crippen LogP contribution >= 0.6 is 0 Å². The molecule has 1 heterocycles. The normalized spacial score (nSPS) is 10.7. The summed E-state index contributed by atoms with van der Waals surface area (Å²) in [5.74, 6) is 2.34. The number of carboxylic acid groups (broad SMARTS) is 1. The Morgan fingerprint density at radius 3 is 2.71 bits per heavy atom. The van der Waals surface area contributed by atoms with Gasteiger partial charge in [-0.15, -0.1) is 6.42 Å². The van der Waals surface area contributed by atoms with Gasteiger partial charge in [0.15, 0.2) is 11.5 Å². The van der Waals surface area contributed by atoms with Crippen LogP contribution < -0.4 is 14.6 Å². The third-order valence-electron chi connectivity index (χ3n) is 3.98. The van der Waals surface area contributed by atoms with Gasteiger partial charge in [0.1, 0.15) is 6.61 Å². The highest BCUT2D eigenvalue weighted by atomic mass is 16.5. The molecule has 2 aromatic carbocycles. The number of hydrogen-bond acceptors (Lipinski definition) is 5. The Balaban J connectivity index is 1.94. The van der Waals surface area contributed by atoms with Crippen molar-refractivity contribution in [2.45, 2.75) is 6.92 Å². The fourth-order valence-electron chi connectivity index (χ4n) is 2.77. The molecule has 0 aliphatic rings. The van der Waals surface area contributed by atoms with E-state index in [0.29, 0.717) is 34.7 Å². The monoisotopic (exact) mass is 372 g/mol. The number of para-hydroxylation sites is 1. The van der Waals surface area contributed by atoms with E-state index in [1.54, 1.807) is 30.3 Å². The Morgan fingerprint density at radius 1 is 1.14 bits per heavy atom. The lowest BCUT2D eigenvalue weighted by Crippen LogP contribution is -2.22. The number of terminal acetylenes is 1. The minimum absolute atomic E-state index is 0.110. The van der Waals surface area contributed by atoms with E-state index in [4.69, 9.17) is 15.9 Å². The second kappa shape index (κ2) is 8.74. The van der Waals surface area contributed by atoms with E-state index in [2.05, 4.69) is 10.9 Å². The smallest absolute Gasteiger partial charge is 0.162 e. The van der Waals surface area contributed by atoms with E-state index < -0.39 is 5.97 Å². The van der Waals surface area contributed by atoms with Gasteiger partial charge in [-0.2, -0.15) is 0 Å².